The molecule has 2 aliphatic carbocycles. The molecule has 0 bridgehead atoms. The van der Waals surface area contributed by atoms with Crippen LogP contribution < -0.4 is 10.6 Å². The minimum Gasteiger partial charge on any atom is -0.480 e. The van der Waals surface area contributed by atoms with Crippen molar-refractivity contribution in [3.8, 4) is 11.1 Å². The third-order valence-corrected chi connectivity index (χ3v) is 7.31. The van der Waals surface area contributed by atoms with E-state index in [-0.39, 0.29) is 30.3 Å². The first-order valence-corrected chi connectivity index (χ1v) is 12.6. The van der Waals surface area contributed by atoms with Gasteiger partial charge in [0, 0.05) is 18.4 Å². The van der Waals surface area contributed by atoms with Gasteiger partial charge in [0.2, 0.25) is 5.91 Å². The lowest BCUT2D eigenvalue weighted by molar-refractivity contribution is -0.142. The van der Waals surface area contributed by atoms with Gasteiger partial charge in [-0.25, -0.2) is 9.59 Å². The Morgan fingerprint density at radius 3 is 2.31 bits per heavy atom. The first-order valence-electron chi connectivity index (χ1n) is 12.6. The zero-order chi connectivity index (χ0) is 24.8. The van der Waals surface area contributed by atoms with Crippen molar-refractivity contribution in [3.63, 3.8) is 0 Å². The van der Waals surface area contributed by atoms with Gasteiger partial charge in [0.15, 0.2) is 0 Å². The number of benzene rings is 2. The molecular formula is C28H34N2O5. The lowest BCUT2D eigenvalue weighted by Gasteiger charge is -2.22. The Kier molecular flexibility index (Phi) is 8.06. The summed E-state index contributed by atoms with van der Waals surface area (Å²) in [7, 11) is 0. The van der Waals surface area contributed by atoms with Gasteiger partial charge in [-0.2, -0.15) is 0 Å². The Labute approximate surface area is 206 Å². The molecule has 2 unspecified atom stereocenters. The van der Waals surface area contributed by atoms with Crippen LogP contribution in [0.3, 0.4) is 0 Å². The Morgan fingerprint density at radius 2 is 1.69 bits per heavy atom. The fourth-order valence-electron chi connectivity index (χ4n) is 5.43. The summed E-state index contributed by atoms with van der Waals surface area (Å²) in [6.45, 7) is 2.57. The lowest BCUT2D eigenvalue weighted by atomic mass is 9.94. The van der Waals surface area contributed by atoms with Crippen LogP contribution in [0, 0.1) is 11.8 Å². The summed E-state index contributed by atoms with van der Waals surface area (Å²) in [5.74, 6) is -1.57. The number of hydrogen-bond acceptors (Lipinski definition) is 4. The van der Waals surface area contributed by atoms with Gasteiger partial charge in [-0.3, -0.25) is 4.79 Å². The quantitative estimate of drug-likeness (QED) is 0.459. The van der Waals surface area contributed by atoms with Gasteiger partial charge in [-0.05, 0) is 47.4 Å². The number of carbonyl (C=O) groups excluding carboxylic acids is 2. The largest absolute Gasteiger partial charge is 0.480 e. The van der Waals surface area contributed by atoms with Crippen LogP contribution in [0.5, 0.6) is 0 Å². The predicted octanol–water partition coefficient (Wildman–Crippen LogP) is 4.70. The number of nitrogens with one attached hydrogen (secondary N) is 2. The molecule has 3 atom stereocenters. The maximum Gasteiger partial charge on any atom is 0.407 e. The fourth-order valence-corrected chi connectivity index (χ4v) is 5.43. The van der Waals surface area contributed by atoms with Gasteiger partial charge in [-0.15, -0.1) is 0 Å². The van der Waals surface area contributed by atoms with E-state index in [1.165, 1.54) is 11.1 Å². The van der Waals surface area contributed by atoms with E-state index in [0.717, 1.165) is 36.8 Å². The molecule has 7 nitrogen and oxygen atoms in total. The average Bonchev–Trinajstić information content (AvgIpc) is 3.46. The highest BCUT2D eigenvalue weighted by Crippen LogP contribution is 2.44. The van der Waals surface area contributed by atoms with E-state index in [2.05, 4.69) is 34.9 Å². The van der Waals surface area contributed by atoms with Crippen molar-refractivity contribution in [2.24, 2.45) is 11.8 Å². The molecule has 35 heavy (non-hydrogen) atoms. The number of rotatable bonds is 10. The van der Waals surface area contributed by atoms with Gasteiger partial charge in [0.25, 0.3) is 0 Å². The maximum absolute atomic E-state index is 12.8. The molecule has 0 radical (unpaired) electrons. The molecular weight excluding hydrogens is 444 g/mol. The average molecular weight is 479 g/mol. The molecule has 2 aromatic carbocycles. The summed E-state index contributed by atoms with van der Waals surface area (Å²) < 4.78 is 5.61. The second kappa shape index (κ2) is 11.4. The van der Waals surface area contributed by atoms with Crippen molar-refractivity contribution in [2.45, 2.75) is 57.4 Å². The number of ether oxygens (including phenoxy) is 1. The monoisotopic (exact) mass is 478 g/mol. The van der Waals surface area contributed by atoms with Crippen LogP contribution in [0.1, 0.15) is 62.5 Å². The van der Waals surface area contributed by atoms with E-state index in [9.17, 15) is 19.5 Å². The van der Waals surface area contributed by atoms with Crippen LogP contribution in [0.15, 0.2) is 48.5 Å². The van der Waals surface area contributed by atoms with Crippen LogP contribution in [-0.4, -0.2) is 42.3 Å². The van der Waals surface area contributed by atoms with Gasteiger partial charge < -0.3 is 20.5 Å². The van der Waals surface area contributed by atoms with Crippen molar-refractivity contribution in [1.82, 2.24) is 10.6 Å². The first kappa shape index (κ1) is 24.8. The highest BCUT2D eigenvalue weighted by molar-refractivity contribution is 5.85. The number of carbonyl (C=O) groups is 3. The van der Waals surface area contributed by atoms with Crippen molar-refractivity contribution in [3.05, 3.63) is 59.7 Å². The van der Waals surface area contributed by atoms with Crippen LogP contribution >= 0.6 is 0 Å². The summed E-state index contributed by atoms with van der Waals surface area (Å²) in [5.41, 5.74) is 4.67. The Bertz CT molecular complexity index is 1020. The van der Waals surface area contributed by atoms with E-state index >= 15 is 0 Å². The van der Waals surface area contributed by atoms with E-state index < -0.39 is 18.1 Å². The molecule has 0 heterocycles. The Hall–Kier alpha value is -3.35. The summed E-state index contributed by atoms with van der Waals surface area (Å²) in [4.78, 5) is 36.8. The molecule has 186 valence electrons. The van der Waals surface area contributed by atoms with Crippen LogP contribution in [0.25, 0.3) is 11.1 Å². The van der Waals surface area contributed by atoms with E-state index in [1.54, 1.807) is 0 Å². The van der Waals surface area contributed by atoms with Crippen LogP contribution in [0.2, 0.25) is 0 Å². The molecule has 0 spiro atoms. The number of unbranched alkanes of at least 4 members (excludes halogenated alkanes) is 1. The smallest absolute Gasteiger partial charge is 0.407 e. The second-order valence-electron chi connectivity index (χ2n) is 9.55. The number of alkyl carbamates (subject to hydrolysis) is 1. The first-order chi connectivity index (χ1) is 17.0. The Balaban J connectivity index is 1.29. The zero-order valence-corrected chi connectivity index (χ0v) is 20.2. The number of fused-ring (bicyclic) bond motifs is 3. The van der Waals surface area contributed by atoms with E-state index in [1.807, 2.05) is 31.2 Å². The molecule has 0 aliphatic heterocycles. The van der Waals surface area contributed by atoms with Gasteiger partial charge in [-0.1, -0.05) is 74.7 Å². The summed E-state index contributed by atoms with van der Waals surface area (Å²) in [6.07, 6.45) is 3.93. The topological polar surface area (TPSA) is 105 Å². The standard InChI is InChI=1S/C28H34N2O5/c1-2-3-15-25(27(32)33)30-26(31)19-14-8-9-18(19)16-29-28(34)35-17-24-22-12-6-4-10-20(22)21-11-5-7-13-23(21)24/h4-7,10-13,18-19,24-25H,2-3,8-9,14-17H2,1H3,(H,29,34)(H,30,31)(H,32,33)/t18?,19?,25-/m0/s1. The van der Waals surface area contributed by atoms with Crippen LogP contribution in [0.4, 0.5) is 4.79 Å². The molecule has 1 saturated carbocycles. The molecule has 4 rings (SSSR count). The SMILES string of the molecule is CCCC[C@H](NC(=O)C1CCCC1CNC(=O)OCC1c2ccccc2-c2ccccc21)C(=O)O. The maximum atomic E-state index is 12.8. The van der Waals surface area contributed by atoms with Crippen molar-refractivity contribution < 1.29 is 24.2 Å². The van der Waals surface area contributed by atoms with E-state index in [0.29, 0.717) is 19.4 Å². The molecule has 2 aliphatic rings. The summed E-state index contributed by atoms with van der Waals surface area (Å²) >= 11 is 0. The van der Waals surface area contributed by atoms with Gasteiger partial charge in [0.1, 0.15) is 12.6 Å². The van der Waals surface area contributed by atoms with Crippen molar-refractivity contribution in [2.75, 3.05) is 13.2 Å². The number of hydrogen-bond donors (Lipinski definition) is 3. The Morgan fingerprint density at radius 1 is 1.03 bits per heavy atom. The summed E-state index contributed by atoms with van der Waals surface area (Å²) in [5, 5.41) is 15.0. The molecule has 1 fully saturated rings. The van der Waals surface area contributed by atoms with Crippen molar-refractivity contribution >= 4 is 18.0 Å². The zero-order valence-electron chi connectivity index (χ0n) is 20.2. The molecule has 0 aromatic heterocycles. The number of aliphatic carboxylic acids is 1. The highest BCUT2D eigenvalue weighted by Gasteiger charge is 2.35. The normalized spacial score (nSPS) is 19.5. The molecule has 7 heteroatoms. The molecule has 2 amide bonds. The summed E-state index contributed by atoms with van der Waals surface area (Å²) in [6, 6.07) is 15.5. The molecule has 0 saturated heterocycles. The third-order valence-electron chi connectivity index (χ3n) is 7.31. The molecule has 3 N–H and O–H groups in total. The van der Waals surface area contributed by atoms with Crippen LogP contribution in [-0.2, 0) is 14.3 Å². The lowest BCUT2D eigenvalue weighted by Crippen LogP contribution is -2.45. The van der Waals surface area contributed by atoms with Crippen molar-refractivity contribution in [1.29, 1.82) is 0 Å². The minimum absolute atomic E-state index is 0.00534. The highest BCUT2D eigenvalue weighted by atomic mass is 16.5. The number of carboxylic acids is 1. The minimum atomic E-state index is -1.00. The number of amides is 2. The second-order valence-corrected chi connectivity index (χ2v) is 9.55. The third kappa shape index (κ3) is 5.66. The van der Waals surface area contributed by atoms with Gasteiger partial charge in [0.05, 0.1) is 0 Å². The fraction of sp³-hybridized carbons (Fsp3) is 0.464. The molecule has 2 aromatic rings. The number of carboxylic acid groups (broad SMARTS) is 1. The van der Waals surface area contributed by atoms with E-state index in [4.69, 9.17) is 4.74 Å². The predicted molar refractivity (Wildman–Crippen MR) is 133 cm³/mol. The van der Waals surface area contributed by atoms with Gasteiger partial charge >= 0.3 is 12.1 Å².